The van der Waals surface area contributed by atoms with E-state index in [1.54, 1.807) is 11.3 Å². The Labute approximate surface area is 237 Å². The highest BCUT2D eigenvalue weighted by molar-refractivity contribution is 7.07. The summed E-state index contributed by atoms with van der Waals surface area (Å²) in [6.07, 6.45) is 10.8. The average molecular weight is 550 g/mol. The molecule has 0 atom stereocenters. The maximum absolute atomic E-state index is 13.2. The number of thiazole rings is 1. The van der Waals surface area contributed by atoms with Gasteiger partial charge in [-0.1, -0.05) is 30.3 Å². The first-order chi connectivity index (χ1) is 19.5. The van der Waals surface area contributed by atoms with Crippen molar-refractivity contribution in [2.75, 3.05) is 13.1 Å². The molecular formula is C34H35N3O2S. The van der Waals surface area contributed by atoms with E-state index in [0.29, 0.717) is 5.75 Å². The van der Waals surface area contributed by atoms with Gasteiger partial charge in [0.15, 0.2) is 0 Å². The van der Waals surface area contributed by atoms with Gasteiger partial charge in [-0.25, -0.2) is 0 Å². The molecule has 4 aromatic rings. The van der Waals surface area contributed by atoms with Gasteiger partial charge in [-0.2, -0.15) is 0 Å². The van der Waals surface area contributed by atoms with E-state index >= 15 is 0 Å². The standard InChI is InChI=1S/C34H35N3O2S/c38-29-8-7-25(15-27(29)34-16-20-12-21(17-34)14-22(13-20)18-34)23-3-5-24(6-4-23)30(28-2-1-10-36-28)31-32(39)37-33(40-31)26-9-11-35-19-26/h1-8,10,15,20-22,35-36,38H,9,11-14,16-19H2,(H,37,39). The first-order valence-corrected chi connectivity index (χ1v) is 15.6. The van der Waals surface area contributed by atoms with Crippen molar-refractivity contribution in [1.82, 2.24) is 15.3 Å². The molecule has 4 bridgehead atoms. The second-order valence-corrected chi connectivity index (χ2v) is 13.7. The summed E-state index contributed by atoms with van der Waals surface area (Å²) in [7, 11) is 0. The van der Waals surface area contributed by atoms with Crippen LogP contribution in [0.25, 0.3) is 22.3 Å². The van der Waals surface area contributed by atoms with Crippen molar-refractivity contribution in [2.45, 2.75) is 50.4 Å². The summed E-state index contributed by atoms with van der Waals surface area (Å²) in [6.45, 7) is 1.79. The van der Waals surface area contributed by atoms with Gasteiger partial charge in [0.05, 0.1) is 4.66 Å². The monoisotopic (exact) mass is 549 g/mol. The van der Waals surface area contributed by atoms with Crippen LogP contribution in [0.4, 0.5) is 0 Å². The molecular weight excluding hydrogens is 514 g/mol. The van der Waals surface area contributed by atoms with Crippen LogP contribution in [0.3, 0.4) is 0 Å². The zero-order chi connectivity index (χ0) is 26.8. The number of phenolic OH excluding ortho intramolecular Hbond substituents is 1. The minimum Gasteiger partial charge on any atom is -0.508 e. The maximum Gasteiger partial charge on any atom is 0.267 e. The fraction of sp³-hybridized carbons (Fsp3) is 0.382. The average Bonchev–Trinajstić information content (AvgIpc) is 3.73. The number of aromatic amines is 2. The van der Waals surface area contributed by atoms with Crippen molar-refractivity contribution >= 4 is 22.5 Å². The van der Waals surface area contributed by atoms with E-state index in [-0.39, 0.29) is 11.0 Å². The van der Waals surface area contributed by atoms with Gasteiger partial charge in [-0.15, -0.1) is 11.3 Å². The molecule has 4 N–H and O–H groups in total. The molecule has 6 heteroatoms. The number of rotatable bonds is 4. The Morgan fingerprint density at radius 3 is 2.30 bits per heavy atom. The molecule has 3 heterocycles. The first kappa shape index (κ1) is 24.4. The van der Waals surface area contributed by atoms with Crippen LogP contribution in [0.15, 0.2) is 65.6 Å². The highest BCUT2D eigenvalue weighted by Gasteiger charge is 2.52. The molecule has 1 aliphatic heterocycles. The predicted octanol–water partition coefficient (Wildman–Crippen LogP) is 5.00. The van der Waals surface area contributed by atoms with Crippen molar-refractivity contribution in [3.05, 3.63) is 97.2 Å². The molecule has 0 amide bonds. The van der Waals surface area contributed by atoms with E-state index in [4.69, 9.17) is 0 Å². The summed E-state index contributed by atoms with van der Waals surface area (Å²) >= 11 is 1.56. The van der Waals surface area contributed by atoms with Crippen molar-refractivity contribution in [3.63, 3.8) is 0 Å². The topological polar surface area (TPSA) is 80.9 Å². The molecule has 0 radical (unpaired) electrons. The molecule has 5 fully saturated rings. The Morgan fingerprint density at radius 2 is 1.65 bits per heavy atom. The Kier molecular flexibility index (Phi) is 5.72. The molecule has 5 nitrogen and oxygen atoms in total. The fourth-order valence-electron chi connectivity index (χ4n) is 8.72. The summed E-state index contributed by atoms with van der Waals surface area (Å²) in [5, 5.41) is 14.4. The number of phenols is 1. The fourth-order valence-corrected chi connectivity index (χ4v) is 9.86. The lowest BCUT2D eigenvalue weighted by Gasteiger charge is -2.57. The molecule has 5 aliphatic rings. The zero-order valence-electron chi connectivity index (χ0n) is 22.6. The van der Waals surface area contributed by atoms with Crippen LogP contribution in [-0.2, 0) is 5.41 Å². The van der Waals surface area contributed by atoms with Crippen LogP contribution in [0, 0.1) is 17.8 Å². The number of hydrogen-bond acceptors (Lipinski definition) is 4. The number of aromatic nitrogens is 2. The van der Waals surface area contributed by atoms with Gasteiger partial charge < -0.3 is 20.4 Å². The Bertz CT molecular complexity index is 1720. The van der Waals surface area contributed by atoms with Gasteiger partial charge in [0.25, 0.3) is 5.56 Å². The van der Waals surface area contributed by atoms with Crippen molar-refractivity contribution in [1.29, 1.82) is 0 Å². The van der Waals surface area contributed by atoms with E-state index in [1.165, 1.54) is 49.7 Å². The highest BCUT2D eigenvalue weighted by atomic mass is 32.1. The second-order valence-electron chi connectivity index (χ2n) is 12.7. The Morgan fingerprint density at radius 1 is 0.925 bits per heavy atom. The largest absolute Gasteiger partial charge is 0.508 e. The Balaban J connectivity index is 1.19. The van der Waals surface area contributed by atoms with Crippen LogP contribution < -0.4 is 20.1 Å². The third-order valence-electron chi connectivity index (χ3n) is 10.1. The van der Waals surface area contributed by atoms with E-state index in [2.05, 4.69) is 45.6 Å². The molecule has 2 aromatic heterocycles. The smallest absolute Gasteiger partial charge is 0.267 e. The Hall–Kier alpha value is -3.35. The molecule has 2 aromatic carbocycles. The zero-order valence-corrected chi connectivity index (χ0v) is 23.4. The molecule has 1 saturated heterocycles. The number of aromatic hydroxyl groups is 1. The predicted molar refractivity (Wildman–Crippen MR) is 161 cm³/mol. The van der Waals surface area contributed by atoms with Crippen LogP contribution >= 0.6 is 11.3 Å². The minimum absolute atomic E-state index is 0.0353. The quantitative estimate of drug-likeness (QED) is 0.289. The summed E-state index contributed by atoms with van der Waals surface area (Å²) < 4.78 is 1.71. The van der Waals surface area contributed by atoms with Gasteiger partial charge in [0.1, 0.15) is 10.3 Å². The highest BCUT2D eigenvalue weighted by Crippen LogP contribution is 2.62. The summed E-state index contributed by atoms with van der Waals surface area (Å²) in [6, 6.07) is 18.8. The second kappa shape index (κ2) is 9.35. The minimum atomic E-state index is -0.0353. The third kappa shape index (κ3) is 4.03. The van der Waals surface area contributed by atoms with Crippen LogP contribution in [0.1, 0.15) is 61.8 Å². The van der Waals surface area contributed by atoms with E-state index in [0.717, 1.165) is 74.4 Å². The maximum atomic E-state index is 13.2. The number of benzene rings is 2. The van der Waals surface area contributed by atoms with Crippen molar-refractivity contribution in [2.24, 2.45) is 17.8 Å². The molecule has 4 aliphatic carbocycles. The van der Waals surface area contributed by atoms with E-state index in [1.807, 2.05) is 30.5 Å². The summed E-state index contributed by atoms with van der Waals surface area (Å²) in [5.41, 5.74) is 7.72. The summed E-state index contributed by atoms with van der Waals surface area (Å²) in [5.74, 6) is 2.96. The molecule has 204 valence electrons. The van der Waals surface area contributed by atoms with Gasteiger partial charge in [-0.05, 0) is 121 Å². The lowest BCUT2D eigenvalue weighted by atomic mass is 9.48. The van der Waals surface area contributed by atoms with E-state index < -0.39 is 0 Å². The van der Waals surface area contributed by atoms with Crippen LogP contribution in [0.5, 0.6) is 5.75 Å². The normalized spacial score (nSPS) is 29.2. The van der Waals surface area contributed by atoms with E-state index in [9.17, 15) is 9.90 Å². The number of nitrogens with one attached hydrogen (secondary N) is 3. The lowest BCUT2D eigenvalue weighted by molar-refractivity contribution is -0.00611. The number of H-pyrrole nitrogens is 2. The van der Waals surface area contributed by atoms with Gasteiger partial charge >= 0.3 is 0 Å². The van der Waals surface area contributed by atoms with Crippen LogP contribution in [-0.4, -0.2) is 28.2 Å². The molecule has 9 rings (SSSR count). The molecule has 4 saturated carbocycles. The van der Waals surface area contributed by atoms with Crippen LogP contribution in [0.2, 0.25) is 0 Å². The van der Waals surface area contributed by atoms with Gasteiger partial charge in [-0.3, -0.25) is 4.79 Å². The van der Waals surface area contributed by atoms with Gasteiger partial charge in [0.2, 0.25) is 0 Å². The summed E-state index contributed by atoms with van der Waals surface area (Å²) in [4.78, 5) is 19.7. The van der Waals surface area contributed by atoms with Crippen molar-refractivity contribution < 1.29 is 5.11 Å². The third-order valence-corrected chi connectivity index (χ3v) is 11.3. The van der Waals surface area contributed by atoms with Crippen molar-refractivity contribution in [3.8, 4) is 16.9 Å². The molecule has 0 spiro atoms. The van der Waals surface area contributed by atoms with Gasteiger partial charge in [0, 0.05) is 29.6 Å². The lowest BCUT2D eigenvalue weighted by Crippen LogP contribution is -2.48. The SMILES string of the molecule is O=c1[nH]c(=C2CCNC2)sc1=C(c1ccc(-c2ccc(O)c(C34CC5CC(CC(C5)C3)C4)c2)cc1)c1ccc[nH]1. The molecule has 40 heavy (non-hydrogen) atoms. The first-order valence-electron chi connectivity index (χ1n) is 14.8. The number of hydrogen-bond donors (Lipinski definition) is 4. The molecule has 0 unspecified atom stereocenters.